The second-order valence-corrected chi connectivity index (χ2v) is 4.05. The smallest absolute Gasteiger partial charge is 0.0578 e. The standard InChI is InChI=1S/C11H16N2/c1-7-3-4-9(12)11(5-7)13-10-6-8(10)2/h3-5,8,10,13H,6,12H2,1-2H3. The van der Waals surface area contributed by atoms with Crippen molar-refractivity contribution in [3.05, 3.63) is 23.8 Å². The molecule has 0 aromatic heterocycles. The molecule has 0 saturated heterocycles. The van der Waals surface area contributed by atoms with Gasteiger partial charge in [-0.3, -0.25) is 0 Å². The van der Waals surface area contributed by atoms with Gasteiger partial charge in [-0.25, -0.2) is 0 Å². The van der Waals surface area contributed by atoms with Gasteiger partial charge in [-0.2, -0.15) is 0 Å². The largest absolute Gasteiger partial charge is 0.397 e. The summed E-state index contributed by atoms with van der Waals surface area (Å²) in [4.78, 5) is 0. The molecule has 1 aromatic carbocycles. The molecule has 70 valence electrons. The van der Waals surface area contributed by atoms with Crippen LogP contribution in [0.4, 0.5) is 11.4 Å². The van der Waals surface area contributed by atoms with E-state index in [2.05, 4.69) is 25.2 Å². The van der Waals surface area contributed by atoms with Crippen LogP contribution in [0.15, 0.2) is 18.2 Å². The Morgan fingerprint density at radius 2 is 2.15 bits per heavy atom. The number of hydrogen-bond acceptors (Lipinski definition) is 2. The van der Waals surface area contributed by atoms with Crippen molar-refractivity contribution in [2.24, 2.45) is 5.92 Å². The topological polar surface area (TPSA) is 38.0 Å². The molecule has 3 N–H and O–H groups in total. The summed E-state index contributed by atoms with van der Waals surface area (Å²) in [6, 6.07) is 6.76. The van der Waals surface area contributed by atoms with Crippen LogP contribution >= 0.6 is 0 Å². The molecule has 1 fully saturated rings. The van der Waals surface area contributed by atoms with Crippen molar-refractivity contribution < 1.29 is 0 Å². The summed E-state index contributed by atoms with van der Waals surface area (Å²) >= 11 is 0. The first-order chi connectivity index (χ1) is 6.16. The molecule has 13 heavy (non-hydrogen) atoms. The maximum Gasteiger partial charge on any atom is 0.0578 e. The van der Waals surface area contributed by atoms with Gasteiger partial charge in [-0.05, 0) is 37.0 Å². The van der Waals surface area contributed by atoms with Crippen LogP contribution in [0.3, 0.4) is 0 Å². The predicted octanol–water partition coefficient (Wildman–Crippen LogP) is 2.40. The Bertz CT molecular complexity index is 320. The van der Waals surface area contributed by atoms with E-state index in [0.29, 0.717) is 6.04 Å². The van der Waals surface area contributed by atoms with E-state index in [4.69, 9.17) is 5.73 Å². The fourth-order valence-electron chi connectivity index (χ4n) is 1.52. The average Bonchev–Trinajstić information content (AvgIpc) is 2.75. The lowest BCUT2D eigenvalue weighted by Gasteiger charge is -2.09. The molecule has 2 rings (SSSR count). The molecular formula is C11H16N2. The Labute approximate surface area is 79.1 Å². The quantitative estimate of drug-likeness (QED) is 0.679. The lowest BCUT2D eigenvalue weighted by Crippen LogP contribution is -2.06. The Morgan fingerprint density at radius 1 is 1.46 bits per heavy atom. The van der Waals surface area contributed by atoms with E-state index >= 15 is 0 Å². The molecule has 0 bridgehead atoms. The van der Waals surface area contributed by atoms with Crippen molar-refractivity contribution in [2.45, 2.75) is 26.3 Å². The van der Waals surface area contributed by atoms with Crippen molar-refractivity contribution in [3.8, 4) is 0 Å². The second kappa shape index (κ2) is 2.95. The minimum atomic E-state index is 0.643. The molecule has 2 unspecified atom stereocenters. The minimum absolute atomic E-state index is 0.643. The molecule has 0 amide bonds. The number of hydrogen-bond donors (Lipinski definition) is 2. The van der Waals surface area contributed by atoms with E-state index in [-0.39, 0.29) is 0 Å². The van der Waals surface area contributed by atoms with E-state index in [1.807, 2.05) is 12.1 Å². The highest BCUT2D eigenvalue weighted by Gasteiger charge is 2.32. The molecular weight excluding hydrogens is 160 g/mol. The summed E-state index contributed by atoms with van der Waals surface area (Å²) in [7, 11) is 0. The maximum atomic E-state index is 5.85. The van der Waals surface area contributed by atoms with E-state index in [9.17, 15) is 0 Å². The molecule has 1 aliphatic rings. The number of anilines is 2. The molecule has 0 spiro atoms. The van der Waals surface area contributed by atoms with Crippen LogP contribution in [0.1, 0.15) is 18.9 Å². The molecule has 0 heterocycles. The predicted molar refractivity (Wildman–Crippen MR) is 56.8 cm³/mol. The van der Waals surface area contributed by atoms with Crippen LogP contribution < -0.4 is 11.1 Å². The minimum Gasteiger partial charge on any atom is -0.397 e. The molecule has 2 atom stereocenters. The van der Waals surface area contributed by atoms with Crippen LogP contribution in [0.2, 0.25) is 0 Å². The fourth-order valence-corrected chi connectivity index (χ4v) is 1.52. The number of benzene rings is 1. The SMILES string of the molecule is Cc1ccc(N)c(NC2CC2C)c1. The highest BCUT2D eigenvalue weighted by atomic mass is 15.0. The normalized spacial score (nSPS) is 25.7. The number of nitrogens with one attached hydrogen (secondary N) is 1. The highest BCUT2D eigenvalue weighted by Crippen LogP contribution is 2.34. The van der Waals surface area contributed by atoms with Crippen molar-refractivity contribution in [2.75, 3.05) is 11.1 Å². The van der Waals surface area contributed by atoms with Gasteiger partial charge in [0.15, 0.2) is 0 Å². The summed E-state index contributed by atoms with van der Waals surface area (Å²) in [6.45, 7) is 4.34. The highest BCUT2D eigenvalue weighted by molar-refractivity contribution is 5.67. The third-order valence-electron chi connectivity index (χ3n) is 2.66. The van der Waals surface area contributed by atoms with Gasteiger partial charge in [-0.15, -0.1) is 0 Å². The lowest BCUT2D eigenvalue weighted by molar-refractivity contribution is 0.929. The van der Waals surface area contributed by atoms with Gasteiger partial charge < -0.3 is 11.1 Å². The number of nitrogens with two attached hydrogens (primary N) is 1. The van der Waals surface area contributed by atoms with Gasteiger partial charge >= 0.3 is 0 Å². The zero-order valence-electron chi connectivity index (χ0n) is 8.17. The van der Waals surface area contributed by atoms with Crippen LogP contribution in [-0.2, 0) is 0 Å². The van der Waals surface area contributed by atoms with Gasteiger partial charge in [0.2, 0.25) is 0 Å². The Morgan fingerprint density at radius 3 is 2.77 bits per heavy atom. The summed E-state index contributed by atoms with van der Waals surface area (Å²) in [6.07, 6.45) is 1.27. The Hall–Kier alpha value is -1.18. The van der Waals surface area contributed by atoms with Crippen LogP contribution in [0, 0.1) is 12.8 Å². The van der Waals surface area contributed by atoms with E-state index in [0.717, 1.165) is 17.3 Å². The van der Waals surface area contributed by atoms with Gasteiger partial charge in [-0.1, -0.05) is 13.0 Å². The monoisotopic (exact) mass is 176 g/mol. The lowest BCUT2D eigenvalue weighted by atomic mass is 10.2. The van der Waals surface area contributed by atoms with Crippen LogP contribution in [0.25, 0.3) is 0 Å². The first kappa shape index (κ1) is 8.42. The summed E-state index contributed by atoms with van der Waals surface area (Å²) in [5.74, 6) is 0.805. The van der Waals surface area contributed by atoms with Gasteiger partial charge in [0.1, 0.15) is 0 Å². The zero-order valence-corrected chi connectivity index (χ0v) is 8.17. The molecule has 1 aromatic rings. The van der Waals surface area contributed by atoms with E-state index in [1.54, 1.807) is 0 Å². The van der Waals surface area contributed by atoms with Crippen LogP contribution in [0.5, 0.6) is 0 Å². The summed E-state index contributed by atoms with van der Waals surface area (Å²) in [5, 5.41) is 3.45. The second-order valence-electron chi connectivity index (χ2n) is 4.05. The fraction of sp³-hybridized carbons (Fsp3) is 0.455. The number of nitrogen functional groups attached to an aromatic ring is 1. The first-order valence-electron chi connectivity index (χ1n) is 4.79. The van der Waals surface area contributed by atoms with Crippen molar-refractivity contribution in [3.63, 3.8) is 0 Å². The molecule has 0 radical (unpaired) electrons. The molecule has 2 heteroatoms. The molecule has 1 saturated carbocycles. The van der Waals surface area contributed by atoms with Gasteiger partial charge in [0, 0.05) is 6.04 Å². The Kier molecular flexibility index (Phi) is 1.91. The first-order valence-corrected chi connectivity index (χ1v) is 4.79. The van der Waals surface area contributed by atoms with Crippen LogP contribution in [-0.4, -0.2) is 6.04 Å². The number of rotatable bonds is 2. The molecule has 1 aliphatic carbocycles. The van der Waals surface area contributed by atoms with Crippen molar-refractivity contribution >= 4 is 11.4 Å². The maximum absolute atomic E-state index is 5.85. The summed E-state index contributed by atoms with van der Waals surface area (Å²) < 4.78 is 0. The van der Waals surface area contributed by atoms with E-state index < -0.39 is 0 Å². The summed E-state index contributed by atoms with van der Waals surface area (Å²) in [5.41, 5.74) is 9.05. The third kappa shape index (κ3) is 1.77. The average molecular weight is 176 g/mol. The number of aryl methyl sites for hydroxylation is 1. The van der Waals surface area contributed by atoms with Gasteiger partial charge in [0.25, 0.3) is 0 Å². The Balaban J connectivity index is 2.14. The zero-order chi connectivity index (χ0) is 9.42. The molecule has 2 nitrogen and oxygen atoms in total. The van der Waals surface area contributed by atoms with Crippen molar-refractivity contribution in [1.29, 1.82) is 0 Å². The van der Waals surface area contributed by atoms with Gasteiger partial charge in [0.05, 0.1) is 11.4 Å². The van der Waals surface area contributed by atoms with Crippen molar-refractivity contribution in [1.82, 2.24) is 0 Å². The van der Waals surface area contributed by atoms with E-state index in [1.165, 1.54) is 12.0 Å². The molecule has 0 aliphatic heterocycles. The third-order valence-corrected chi connectivity index (χ3v) is 2.66.